The summed E-state index contributed by atoms with van der Waals surface area (Å²) in [7, 11) is 0. The molecule has 0 fully saturated rings. The molecule has 2 N–H and O–H groups in total. The van der Waals surface area contributed by atoms with E-state index in [9.17, 15) is 0 Å². The molecule has 0 saturated heterocycles. The molecule has 4 aromatic rings. The molecule has 0 saturated carbocycles. The van der Waals surface area contributed by atoms with Gasteiger partial charge in [-0.25, -0.2) is 20.0 Å². The maximum atomic E-state index is 4.99. The summed E-state index contributed by atoms with van der Waals surface area (Å²) in [5.74, 6) is 1.96. The first-order valence-corrected chi connectivity index (χ1v) is 14.3. The zero-order valence-corrected chi connectivity index (χ0v) is 25.2. The van der Waals surface area contributed by atoms with Crippen LogP contribution in [0, 0.1) is 0 Å². The number of anilines is 2. The Hall–Kier alpha value is -4.84. The van der Waals surface area contributed by atoms with Gasteiger partial charge in [-0.05, 0) is 70.5 Å². The van der Waals surface area contributed by atoms with Crippen LogP contribution in [-0.2, 0) is 10.8 Å². The van der Waals surface area contributed by atoms with Gasteiger partial charge in [0, 0.05) is 11.4 Å². The van der Waals surface area contributed by atoms with E-state index in [1.165, 1.54) is 11.1 Å². The van der Waals surface area contributed by atoms with E-state index in [0.29, 0.717) is 23.3 Å². The highest BCUT2D eigenvalue weighted by Crippen LogP contribution is 2.27. The quantitative estimate of drug-likeness (QED) is 0.246. The van der Waals surface area contributed by atoms with E-state index in [2.05, 4.69) is 76.4 Å². The molecule has 6 nitrogen and oxygen atoms in total. The number of nitrogens with one attached hydrogen (secondary N) is 2. The third kappa shape index (κ3) is 7.26. The van der Waals surface area contributed by atoms with Crippen molar-refractivity contribution in [2.75, 3.05) is 10.6 Å². The summed E-state index contributed by atoms with van der Waals surface area (Å²) in [5, 5.41) is 6.85. The molecule has 0 unspecified atom stereocenters. The largest absolute Gasteiger partial charge is 0.337 e. The Morgan fingerprint density at radius 3 is 1.10 bits per heavy atom. The van der Waals surface area contributed by atoms with E-state index in [0.717, 1.165) is 22.7 Å². The van der Waals surface area contributed by atoms with E-state index >= 15 is 0 Å². The summed E-state index contributed by atoms with van der Waals surface area (Å²) >= 11 is 0. The normalized spacial score (nSPS) is 15.8. The van der Waals surface area contributed by atoms with Gasteiger partial charge in [-0.1, -0.05) is 102 Å². The second-order valence-corrected chi connectivity index (χ2v) is 12.4. The van der Waals surface area contributed by atoms with Gasteiger partial charge in [0.2, 0.25) is 0 Å². The molecule has 42 heavy (non-hydrogen) atoms. The number of hydrogen-bond acceptors (Lipinski definition) is 4. The fraction of sp³-hybridized carbons (Fsp3) is 0.222. The lowest BCUT2D eigenvalue weighted by atomic mass is 9.87. The first-order chi connectivity index (χ1) is 20.0. The van der Waals surface area contributed by atoms with Gasteiger partial charge in [0.05, 0.1) is 11.4 Å². The smallest absolute Gasteiger partial charge is 0.200 e. The first-order valence-electron chi connectivity index (χ1n) is 14.3. The van der Waals surface area contributed by atoms with Crippen LogP contribution in [-0.4, -0.2) is 23.3 Å². The van der Waals surface area contributed by atoms with Crippen LogP contribution in [0.2, 0.25) is 0 Å². The van der Waals surface area contributed by atoms with Crippen LogP contribution in [0.15, 0.2) is 129 Å². The number of amidine groups is 4. The monoisotopic (exact) mass is 556 g/mol. The lowest BCUT2D eigenvalue weighted by Crippen LogP contribution is -2.36. The second kappa shape index (κ2) is 12.0. The van der Waals surface area contributed by atoms with E-state index in [4.69, 9.17) is 20.0 Å². The molecular formula is C36H38N6. The SMILES string of the molecule is CC(C)(C)c1ccc(N=C2N=C([15NH]c3ccccc3)C([15NH]c3ccccc3)=NC2=Nc2ccc(C(C)(C)C)cc2)cc1. The van der Waals surface area contributed by atoms with Crippen LogP contribution in [0.4, 0.5) is 22.7 Å². The Balaban J connectivity index is 1.61. The summed E-state index contributed by atoms with van der Waals surface area (Å²) in [6.07, 6.45) is 0. The standard InChI is InChI=1S/C36H38N6/c1-35(2,3)25-17-21-29(22-18-25)39-33-34(40-30-23-19-26(20-24-30)36(4,5)6)42-32(38-28-15-11-8-12-16-28)31(41-33)37-27-13-9-7-10-14-27/h7-24H,1-6H3,(H,37,39,41)(H,38,40,42)/i37+1,38+1. The fourth-order valence-corrected chi connectivity index (χ4v) is 4.37. The molecule has 0 radical (unpaired) electrons. The summed E-state index contributed by atoms with van der Waals surface area (Å²) in [6, 6.07) is 36.4. The van der Waals surface area contributed by atoms with Crippen molar-refractivity contribution in [1.29, 1.82) is 0 Å². The first kappa shape index (κ1) is 28.7. The molecule has 1 heterocycles. The van der Waals surface area contributed by atoms with E-state index < -0.39 is 0 Å². The van der Waals surface area contributed by atoms with Gasteiger partial charge in [0.15, 0.2) is 23.3 Å². The average Bonchev–Trinajstić information content (AvgIpc) is 2.96. The lowest BCUT2D eigenvalue weighted by molar-refractivity contribution is 0.590. The molecule has 0 atom stereocenters. The molecule has 5 rings (SSSR count). The Bertz CT molecular complexity index is 1510. The van der Waals surface area contributed by atoms with Crippen LogP contribution in [0.25, 0.3) is 0 Å². The van der Waals surface area contributed by atoms with Crippen LogP contribution < -0.4 is 10.6 Å². The third-order valence-corrected chi connectivity index (χ3v) is 6.87. The maximum Gasteiger partial charge on any atom is 0.200 e. The topological polar surface area (TPSA) is 73.5 Å². The predicted molar refractivity (Wildman–Crippen MR) is 179 cm³/mol. The Morgan fingerprint density at radius 2 is 0.786 bits per heavy atom. The number of rotatable bonds is 4. The maximum absolute atomic E-state index is 4.99. The molecular weight excluding hydrogens is 518 g/mol. The zero-order chi connectivity index (χ0) is 29.7. The van der Waals surface area contributed by atoms with Gasteiger partial charge in [0.1, 0.15) is 0 Å². The highest BCUT2D eigenvalue weighted by molar-refractivity contribution is 6.60. The molecule has 1 aliphatic heterocycles. The van der Waals surface area contributed by atoms with Gasteiger partial charge in [-0.3, -0.25) is 0 Å². The second-order valence-electron chi connectivity index (χ2n) is 12.4. The number of nitrogens with zero attached hydrogens (tertiary/aromatic N) is 4. The Labute approximate surface area is 249 Å². The molecule has 0 bridgehead atoms. The van der Waals surface area contributed by atoms with Gasteiger partial charge < -0.3 is 10.6 Å². The Morgan fingerprint density at radius 1 is 0.452 bits per heavy atom. The van der Waals surface area contributed by atoms with Crippen molar-refractivity contribution in [2.45, 2.75) is 52.4 Å². The van der Waals surface area contributed by atoms with Crippen molar-refractivity contribution in [1.82, 2.24) is 0 Å². The van der Waals surface area contributed by atoms with E-state index in [1.807, 2.05) is 84.9 Å². The number of hydrogen-bond donors (Lipinski definition) is 2. The zero-order valence-electron chi connectivity index (χ0n) is 25.2. The number of para-hydroxylation sites is 2. The summed E-state index contributed by atoms with van der Waals surface area (Å²) in [4.78, 5) is 19.8. The highest BCUT2D eigenvalue weighted by Gasteiger charge is 2.23. The van der Waals surface area contributed by atoms with Crippen molar-refractivity contribution >= 4 is 46.1 Å². The molecule has 0 amide bonds. The number of aliphatic imine (C=N–C) groups is 4. The van der Waals surface area contributed by atoms with Crippen molar-refractivity contribution < 1.29 is 0 Å². The molecule has 0 aromatic heterocycles. The highest BCUT2D eigenvalue weighted by atomic mass is 15.7. The molecule has 1 aliphatic rings. The molecule has 212 valence electrons. The van der Waals surface area contributed by atoms with E-state index in [1.54, 1.807) is 0 Å². The predicted octanol–water partition coefficient (Wildman–Crippen LogP) is 9.08. The van der Waals surface area contributed by atoms with Crippen molar-refractivity contribution in [3.05, 3.63) is 120 Å². The van der Waals surface area contributed by atoms with E-state index in [-0.39, 0.29) is 10.8 Å². The average molecular weight is 557 g/mol. The van der Waals surface area contributed by atoms with Gasteiger partial charge >= 0.3 is 0 Å². The lowest BCUT2D eigenvalue weighted by Gasteiger charge is -2.20. The van der Waals surface area contributed by atoms with Gasteiger partial charge in [-0.15, -0.1) is 0 Å². The van der Waals surface area contributed by atoms with Crippen molar-refractivity contribution in [3.63, 3.8) is 0 Å². The third-order valence-electron chi connectivity index (χ3n) is 6.87. The van der Waals surface area contributed by atoms with Crippen LogP contribution >= 0.6 is 0 Å². The van der Waals surface area contributed by atoms with Crippen LogP contribution in [0.5, 0.6) is 0 Å². The molecule has 0 spiro atoms. The van der Waals surface area contributed by atoms with Gasteiger partial charge in [0.25, 0.3) is 0 Å². The number of benzene rings is 4. The summed E-state index contributed by atoms with van der Waals surface area (Å²) in [6.45, 7) is 13.2. The molecule has 4 aromatic carbocycles. The minimum absolute atomic E-state index is 0.0512. The van der Waals surface area contributed by atoms with Crippen molar-refractivity contribution in [2.24, 2.45) is 20.0 Å². The van der Waals surface area contributed by atoms with Gasteiger partial charge in [-0.2, -0.15) is 0 Å². The summed E-state index contributed by atoms with van der Waals surface area (Å²) < 4.78 is 0. The fourth-order valence-electron chi connectivity index (χ4n) is 4.37. The molecule has 0 aliphatic carbocycles. The Kier molecular flexibility index (Phi) is 8.16. The molecule has 6 heteroatoms. The summed E-state index contributed by atoms with van der Waals surface area (Å²) in [5.41, 5.74) is 5.94. The van der Waals surface area contributed by atoms with Crippen LogP contribution in [0.3, 0.4) is 0 Å². The van der Waals surface area contributed by atoms with Crippen molar-refractivity contribution in [3.8, 4) is 0 Å². The van der Waals surface area contributed by atoms with Crippen LogP contribution in [0.1, 0.15) is 52.7 Å². The minimum atomic E-state index is 0.0512. The minimum Gasteiger partial charge on any atom is -0.337 e.